The first-order valence-corrected chi connectivity index (χ1v) is 34.7. The first-order valence-electron chi connectivity index (χ1n) is 34.7. The number of aromatic nitrogens is 14. The Labute approximate surface area is 619 Å². The maximum atomic E-state index is 13.2. The smallest absolute Gasteiger partial charge is 0.329 e. The average Bonchev–Trinajstić information content (AvgIpc) is 1.63. The van der Waals surface area contributed by atoms with Crippen molar-refractivity contribution in [3.05, 3.63) is 229 Å². The zero-order valence-corrected chi connectivity index (χ0v) is 59.8. The molecular formula is C80H72F3N19O7. The van der Waals surface area contributed by atoms with Gasteiger partial charge < -0.3 is 30.5 Å². The number of methoxy groups -OCH3 is 1. The maximum Gasteiger partial charge on any atom is 0.329 e. The highest BCUT2D eigenvalue weighted by Gasteiger charge is 2.46. The molecule has 6 aromatic heterocycles. The van der Waals surface area contributed by atoms with E-state index < -0.39 is 24.0 Å². The lowest BCUT2D eigenvalue weighted by Crippen LogP contribution is -2.49. The Morgan fingerprint density at radius 3 is 1.61 bits per heavy atom. The summed E-state index contributed by atoms with van der Waals surface area (Å²) in [5.41, 5.74) is 13.2. The van der Waals surface area contributed by atoms with Crippen molar-refractivity contribution in [1.82, 2.24) is 81.8 Å². The summed E-state index contributed by atoms with van der Waals surface area (Å²) in [6.45, 7) is 12.2. The molecule has 2 saturated heterocycles. The second kappa shape index (κ2) is 30.4. The number of hydrogen-bond donors (Lipinski definition) is 10. The number of urea groups is 2. The van der Waals surface area contributed by atoms with Crippen LogP contribution in [0.2, 0.25) is 0 Å². The number of benzene rings is 9. The van der Waals surface area contributed by atoms with Crippen LogP contribution < -0.4 is 30.5 Å². The van der Waals surface area contributed by atoms with E-state index in [4.69, 9.17) is 9.47 Å². The lowest BCUT2D eigenvalue weighted by molar-refractivity contribution is -0.180. The number of carbonyl (C=O) groups is 4. The van der Waals surface area contributed by atoms with Crippen LogP contribution in [0, 0.1) is 23.4 Å². The van der Waals surface area contributed by atoms with Gasteiger partial charge in [0.15, 0.2) is 11.6 Å². The van der Waals surface area contributed by atoms with E-state index >= 15 is 0 Å². The van der Waals surface area contributed by atoms with Crippen molar-refractivity contribution in [2.45, 2.75) is 65.3 Å². The first-order chi connectivity index (χ1) is 52.6. The summed E-state index contributed by atoms with van der Waals surface area (Å²) in [7, 11) is 1.60. The van der Waals surface area contributed by atoms with Gasteiger partial charge in [0.25, 0.3) is 17.7 Å². The minimum absolute atomic E-state index is 0.0338. The number of rotatable bonds is 15. The molecule has 8 heterocycles. The van der Waals surface area contributed by atoms with Gasteiger partial charge in [0.05, 0.1) is 69.9 Å². The predicted molar refractivity (Wildman–Crippen MR) is 408 cm³/mol. The molecule has 17 rings (SSSR count). The number of nitrogens with one attached hydrogen (secondary N) is 9. The molecule has 0 radical (unpaired) electrons. The van der Waals surface area contributed by atoms with Crippen molar-refractivity contribution in [2.24, 2.45) is 5.92 Å². The maximum absolute atomic E-state index is 13.2. The number of H-pyrrole nitrogens is 6. The molecule has 2 aliphatic rings. The van der Waals surface area contributed by atoms with Gasteiger partial charge in [-0.3, -0.25) is 40.2 Å². The van der Waals surface area contributed by atoms with Gasteiger partial charge in [-0.05, 0) is 201 Å². The Hall–Kier alpha value is -13.7. The van der Waals surface area contributed by atoms with Crippen molar-refractivity contribution in [1.29, 1.82) is 0 Å². The number of nitrogens with zero attached hydrogens (tertiary/aromatic N) is 10. The van der Waals surface area contributed by atoms with Gasteiger partial charge in [0.1, 0.15) is 41.4 Å². The minimum Gasteiger partial charge on any atom is -0.497 e. The molecule has 29 heteroatoms. The Bertz CT molecular complexity index is 5810. The number of halogens is 3. The van der Waals surface area contributed by atoms with Gasteiger partial charge in [-0.15, -0.1) is 0 Å². The van der Waals surface area contributed by atoms with Crippen LogP contribution in [0.15, 0.2) is 200 Å². The summed E-state index contributed by atoms with van der Waals surface area (Å²) in [6.07, 6.45) is 2.07. The Balaban J connectivity index is 0.000000122. The highest BCUT2D eigenvalue weighted by molar-refractivity contribution is 6.22. The van der Waals surface area contributed by atoms with Crippen LogP contribution in [0.25, 0.3) is 111 Å². The highest BCUT2D eigenvalue weighted by Crippen LogP contribution is 2.37. The average molecular weight is 1470 g/mol. The van der Waals surface area contributed by atoms with Gasteiger partial charge in [-0.2, -0.15) is 30.6 Å². The molecule has 0 spiro atoms. The van der Waals surface area contributed by atoms with Crippen LogP contribution in [0.5, 0.6) is 5.75 Å². The third kappa shape index (κ3) is 15.4. The topological polar surface area (TPSA) is 347 Å². The number of imide groups is 1. The zero-order valence-electron chi connectivity index (χ0n) is 59.8. The van der Waals surface area contributed by atoms with Gasteiger partial charge in [-0.1, -0.05) is 46.8 Å². The SMILES string of the molecule is CC(C)(C)c1nc(-c2ccc3[nH]nc(-c4ccc(F)cc4)c3c2)n[nH]1.CC(C)CC1NC(=O)N(c2ccc3[nH]nc(-c4ccc(F)cc4)c3c2)C1=O.CCOC1(O)CNC(=O)N1c1ccc2[nH]nc(-c3ccc(F)cc3)c2c1.COc1ccc(NC(=O)c2cccc(-c3n[nH]c4ccc(-c5ncn[nH]5)cc34)c2)cc1. The molecule has 2 aliphatic heterocycles. The number of aromatic amines is 6. The molecule has 15 aromatic rings. The fraction of sp³-hybridized carbons (Fsp3) is 0.175. The quantitative estimate of drug-likeness (QED) is 0.0337. The lowest BCUT2D eigenvalue weighted by Gasteiger charge is -2.31. The predicted octanol–water partition coefficient (Wildman–Crippen LogP) is 15.1. The normalized spacial score (nSPS) is 14.9. The van der Waals surface area contributed by atoms with Gasteiger partial charge >= 0.3 is 12.1 Å². The summed E-state index contributed by atoms with van der Waals surface area (Å²) in [4.78, 5) is 61.3. The number of fused-ring (bicyclic) bond motifs is 4. The molecule has 0 saturated carbocycles. The summed E-state index contributed by atoms with van der Waals surface area (Å²) in [6, 6.07) is 53.8. The molecule has 2 fully saturated rings. The lowest BCUT2D eigenvalue weighted by atomic mass is 9.96. The van der Waals surface area contributed by atoms with Gasteiger partial charge in [0, 0.05) is 78.2 Å². The number of anilines is 3. The summed E-state index contributed by atoms with van der Waals surface area (Å²) < 4.78 is 50.1. The Morgan fingerprint density at radius 2 is 1.09 bits per heavy atom. The number of aliphatic hydroxyl groups is 1. The number of hydrogen-bond acceptors (Lipinski definition) is 15. The Morgan fingerprint density at radius 1 is 0.587 bits per heavy atom. The standard InChI is InChI=1S/C23H18N6O2.C20H19FN4O2.C19H18FN5.C18H17FN4O3/c1-31-18-8-6-17(7-9-18)26-23(30)16-4-2-3-14(11-16)21-19-12-15(22-24-13-25-29-22)5-10-20(19)27-28-21;1-11(2)9-17-19(26)25(20(27)22-17)14-7-8-16-15(10-14)18(24-23-16)12-3-5-13(21)6-4-12;1-19(2,3)18-21-17(24-25-18)12-6-9-15-14(10-12)16(23-22-15)11-4-7-13(20)8-5-11;1-2-26-18(25)10-20-17(24)23(18)13-7-8-15-14(9-13)16(22-21-15)11-3-5-12(19)6-4-11/h2-13H,1H3,(H,26,30)(H,27,28)(H,24,25,29);3-8,10-11,17H,9H2,1-2H3,(H,22,27)(H,23,24);4-10H,1-3H3,(H,22,23)(H,21,24,25);3-9,25H,2,10H2,1H3,(H,20,24)(H,21,22). The number of carbonyl (C=O) groups excluding carboxylic acids is 4. The van der Waals surface area contributed by atoms with Gasteiger partial charge in [0.2, 0.25) is 0 Å². The second-order valence-corrected chi connectivity index (χ2v) is 27.1. The fourth-order valence-corrected chi connectivity index (χ4v) is 12.6. The molecule has 2 unspecified atom stereocenters. The molecule has 6 amide bonds. The molecule has 26 nitrogen and oxygen atoms in total. The van der Waals surface area contributed by atoms with E-state index in [9.17, 15) is 37.5 Å². The zero-order chi connectivity index (χ0) is 76.3. The van der Waals surface area contributed by atoms with Crippen LogP contribution in [0.3, 0.4) is 0 Å². The molecule has 109 heavy (non-hydrogen) atoms. The summed E-state index contributed by atoms with van der Waals surface area (Å²) >= 11 is 0. The Kier molecular flexibility index (Phi) is 20.2. The summed E-state index contributed by atoms with van der Waals surface area (Å²) in [5, 5.41) is 65.8. The van der Waals surface area contributed by atoms with Crippen molar-refractivity contribution >= 4 is 84.6 Å². The van der Waals surface area contributed by atoms with Crippen LogP contribution in [0.4, 0.5) is 39.8 Å². The third-order valence-corrected chi connectivity index (χ3v) is 18.1. The van der Waals surface area contributed by atoms with E-state index in [1.165, 1.54) is 52.5 Å². The van der Waals surface area contributed by atoms with E-state index in [1.54, 1.807) is 117 Å². The third-order valence-electron chi connectivity index (χ3n) is 18.1. The molecule has 0 aliphatic carbocycles. The molecule has 9 aromatic carbocycles. The fourth-order valence-electron chi connectivity index (χ4n) is 12.6. The minimum atomic E-state index is -1.75. The van der Waals surface area contributed by atoms with E-state index in [2.05, 4.69) is 108 Å². The second-order valence-electron chi connectivity index (χ2n) is 27.1. The first kappa shape index (κ1) is 72.3. The summed E-state index contributed by atoms with van der Waals surface area (Å²) in [5.74, 6) is 0.0803. The molecule has 550 valence electrons. The van der Waals surface area contributed by atoms with Crippen molar-refractivity contribution < 1.29 is 46.9 Å². The van der Waals surface area contributed by atoms with Crippen molar-refractivity contribution in [3.63, 3.8) is 0 Å². The van der Waals surface area contributed by atoms with E-state index in [1.807, 2.05) is 68.4 Å². The van der Waals surface area contributed by atoms with Crippen LogP contribution in [0.1, 0.15) is 64.1 Å². The van der Waals surface area contributed by atoms with Gasteiger partial charge in [-0.25, -0.2) is 42.5 Å². The van der Waals surface area contributed by atoms with Crippen LogP contribution in [-0.2, 0) is 14.9 Å². The van der Waals surface area contributed by atoms with E-state index in [0.29, 0.717) is 58.0 Å². The largest absolute Gasteiger partial charge is 0.497 e. The number of ether oxygens (including phenoxy) is 2. The molecule has 10 N–H and O–H groups in total. The van der Waals surface area contributed by atoms with Crippen molar-refractivity contribution in [2.75, 3.05) is 35.4 Å². The monoisotopic (exact) mass is 1470 g/mol. The number of amides is 6. The van der Waals surface area contributed by atoms with E-state index in [-0.39, 0.29) is 47.8 Å². The molecule has 0 bridgehead atoms. The highest BCUT2D eigenvalue weighted by atomic mass is 19.1. The molecule has 2 atom stereocenters. The van der Waals surface area contributed by atoms with Crippen molar-refractivity contribution in [3.8, 4) is 73.6 Å². The number of β-amino-alcohol motifs (C(OH)–C–C–N with tert-alkyl or cyclic N) is 1. The van der Waals surface area contributed by atoms with Crippen LogP contribution >= 0.6 is 0 Å². The molecular weight excluding hydrogens is 1400 g/mol. The van der Waals surface area contributed by atoms with E-state index in [0.717, 1.165) is 100.0 Å². The van der Waals surface area contributed by atoms with Crippen LogP contribution in [-0.4, -0.2) is 132 Å².